The molecule has 1 heterocycles. The second kappa shape index (κ2) is 11.5. The summed E-state index contributed by atoms with van der Waals surface area (Å²) in [5.74, 6) is 1.97. The predicted molar refractivity (Wildman–Crippen MR) is 202 cm³/mol. The van der Waals surface area contributed by atoms with Crippen molar-refractivity contribution in [1.29, 1.82) is 0 Å². The highest BCUT2D eigenvalue weighted by atomic mass is 15.0. The summed E-state index contributed by atoms with van der Waals surface area (Å²) >= 11 is 0. The van der Waals surface area contributed by atoms with Crippen molar-refractivity contribution in [3.8, 4) is 67.5 Å². The lowest BCUT2D eigenvalue weighted by Gasteiger charge is -2.23. The van der Waals surface area contributed by atoms with Gasteiger partial charge in [-0.05, 0) is 61.3 Å². The van der Waals surface area contributed by atoms with E-state index >= 15 is 0 Å². The van der Waals surface area contributed by atoms with E-state index in [0.717, 1.165) is 33.4 Å². The van der Waals surface area contributed by atoms with Gasteiger partial charge in [-0.1, -0.05) is 172 Å². The Morgan fingerprint density at radius 1 is 0.388 bits per heavy atom. The third-order valence-corrected chi connectivity index (χ3v) is 9.92. The fourth-order valence-electron chi connectivity index (χ4n) is 7.50. The van der Waals surface area contributed by atoms with Gasteiger partial charge in [0.25, 0.3) is 0 Å². The number of nitrogens with zero attached hydrogens (tertiary/aromatic N) is 3. The molecule has 0 unspecified atom stereocenters. The molecule has 3 heteroatoms. The van der Waals surface area contributed by atoms with Crippen molar-refractivity contribution >= 4 is 10.8 Å². The largest absolute Gasteiger partial charge is 0.208 e. The highest BCUT2D eigenvalue weighted by molar-refractivity contribution is 6.01. The van der Waals surface area contributed by atoms with Gasteiger partial charge in [-0.3, -0.25) is 0 Å². The van der Waals surface area contributed by atoms with Gasteiger partial charge in [0.1, 0.15) is 0 Å². The molecule has 9 rings (SSSR count). The Hall–Kier alpha value is -6.19. The number of rotatable bonds is 5. The van der Waals surface area contributed by atoms with E-state index in [9.17, 15) is 0 Å². The Bertz CT molecular complexity index is 2500. The zero-order chi connectivity index (χ0) is 33.0. The Balaban J connectivity index is 1.25. The Kier molecular flexibility index (Phi) is 6.80. The fraction of sp³-hybridized carbons (Fsp3) is 0.0652. The average molecular weight is 628 g/mol. The lowest BCUT2D eigenvalue weighted by Crippen LogP contribution is -2.15. The van der Waals surface area contributed by atoms with Crippen LogP contribution in [0.3, 0.4) is 0 Å². The molecule has 0 fully saturated rings. The lowest BCUT2D eigenvalue weighted by atomic mass is 9.80. The van der Waals surface area contributed by atoms with Crippen LogP contribution in [0.1, 0.15) is 25.0 Å². The Morgan fingerprint density at radius 2 is 0.939 bits per heavy atom. The predicted octanol–water partition coefficient (Wildman–Crippen LogP) is 11.7. The van der Waals surface area contributed by atoms with Crippen LogP contribution in [0, 0.1) is 0 Å². The molecule has 0 atom stereocenters. The summed E-state index contributed by atoms with van der Waals surface area (Å²) in [6.07, 6.45) is 0. The minimum absolute atomic E-state index is 0.183. The van der Waals surface area contributed by atoms with Crippen molar-refractivity contribution in [2.75, 3.05) is 0 Å². The van der Waals surface area contributed by atoms with Crippen molar-refractivity contribution in [2.45, 2.75) is 19.3 Å². The summed E-state index contributed by atoms with van der Waals surface area (Å²) < 4.78 is 0. The van der Waals surface area contributed by atoms with Gasteiger partial charge in [0, 0.05) is 22.1 Å². The van der Waals surface area contributed by atoms with Gasteiger partial charge >= 0.3 is 0 Å². The number of hydrogen-bond acceptors (Lipinski definition) is 3. The number of hydrogen-bond donors (Lipinski definition) is 0. The molecular weight excluding hydrogens is 595 g/mol. The van der Waals surface area contributed by atoms with E-state index in [1.165, 1.54) is 38.6 Å². The third-order valence-electron chi connectivity index (χ3n) is 9.92. The second-order valence-electron chi connectivity index (χ2n) is 13.3. The zero-order valence-electron chi connectivity index (χ0n) is 27.4. The molecule has 1 aromatic heterocycles. The van der Waals surface area contributed by atoms with Crippen LogP contribution in [0.15, 0.2) is 164 Å². The molecule has 7 aromatic carbocycles. The molecule has 1 aliphatic rings. The van der Waals surface area contributed by atoms with Gasteiger partial charge in [-0.2, -0.15) is 0 Å². The molecule has 0 saturated heterocycles. The molecule has 232 valence electrons. The van der Waals surface area contributed by atoms with E-state index in [2.05, 4.69) is 166 Å². The summed E-state index contributed by atoms with van der Waals surface area (Å²) in [5.41, 5.74) is 12.4. The number of benzene rings is 7. The molecular formula is C46H33N3. The molecule has 1 aliphatic carbocycles. The average Bonchev–Trinajstić information content (AvgIpc) is 3.42. The van der Waals surface area contributed by atoms with Crippen LogP contribution in [0.5, 0.6) is 0 Å². The van der Waals surface area contributed by atoms with Crippen molar-refractivity contribution in [2.24, 2.45) is 0 Å². The van der Waals surface area contributed by atoms with E-state index in [4.69, 9.17) is 15.0 Å². The molecule has 0 saturated carbocycles. The highest BCUT2D eigenvalue weighted by Crippen LogP contribution is 2.54. The number of fused-ring (bicyclic) bond motifs is 5. The van der Waals surface area contributed by atoms with E-state index in [-0.39, 0.29) is 5.41 Å². The van der Waals surface area contributed by atoms with Crippen LogP contribution in [0.25, 0.3) is 78.3 Å². The second-order valence-corrected chi connectivity index (χ2v) is 13.3. The first-order valence-electron chi connectivity index (χ1n) is 16.8. The molecule has 0 amide bonds. The van der Waals surface area contributed by atoms with E-state index < -0.39 is 0 Å². The lowest BCUT2D eigenvalue weighted by molar-refractivity contribution is 0.666. The first-order chi connectivity index (χ1) is 24.0. The standard InChI is InChI=1S/C46H33N3/c1-46(2)40-22-12-21-39(41(40)38-28-27-33-17-9-10-20-37(33)42(38)46)45-48-43(34-25-23-32(24-26-34)30-13-5-3-6-14-30)47-44(49-45)36-19-11-18-35(29-36)31-15-7-4-8-16-31/h3-29H,1-2H3. The normalized spacial score (nSPS) is 12.9. The summed E-state index contributed by atoms with van der Waals surface area (Å²) in [7, 11) is 0. The van der Waals surface area contributed by atoms with Gasteiger partial charge in [0.2, 0.25) is 0 Å². The van der Waals surface area contributed by atoms with E-state index in [1.54, 1.807) is 0 Å². The van der Waals surface area contributed by atoms with Crippen LogP contribution < -0.4 is 0 Å². The summed E-state index contributed by atoms with van der Waals surface area (Å²) in [4.78, 5) is 15.6. The highest BCUT2D eigenvalue weighted by Gasteiger charge is 2.38. The van der Waals surface area contributed by atoms with E-state index in [0.29, 0.717) is 17.5 Å². The fourth-order valence-corrected chi connectivity index (χ4v) is 7.50. The molecule has 0 bridgehead atoms. The molecule has 0 N–H and O–H groups in total. The molecule has 0 radical (unpaired) electrons. The SMILES string of the molecule is CC1(C)c2cccc(-c3nc(-c4ccc(-c5ccccc5)cc4)nc(-c4cccc(-c5ccccc5)c4)n3)c2-c2ccc3ccccc3c21. The van der Waals surface area contributed by atoms with Crippen LogP contribution in [-0.4, -0.2) is 15.0 Å². The maximum absolute atomic E-state index is 5.24. The molecule has 3 nitrogen and oxygen atoms in total. The summed E-state index contributed by atoms with van der Waals surface area (Å²) in [6.45, 7) is 4.67. The number of aromatic nitrogens is 3. The van der Waals surface area contributed by atoms with Gasteiger partial charge in [-0.25, -0.2) is 15.0 Å². The first kappa shape index (κ1) is 29.0. The topological polar surface area (TPSA) is 38.7 Å². The molecule has 0 aliphatic heterocycles. The minimum Gasteiger partial charge on any atom is -0.208 e. The Morgan fingerprint density at radius 3 is 1.69 bits per heavy atom. The van der Waals surface area contributed by atoms with E-state index in [1.807, 2.05) is 12.1 Å². The maximum Gasteiger partial charge on any atom is 0.164 e. The molecule has 49 heavy (non-hydrogen) atoms. The minimum atomic E-state index is -0.183. The summed E-state index contributed by atoms with van der Waals surface area (Å²) in [5, 5.41) is 2.55. The van der Waals surface area contributed by atoms with Crippen molar-refractivity contribution in [3.05, 3.63) is 175 Å². The quantitative estimate of drug-likeness (QED) is 0.191. The van der Waals surface area contributed by atoms with Gasteiger partial charge in [0.15, 0.2) is 17.5 Å². The third kappa shape index (κ3) is 4.94. The van der Waals surface area contributed by atoms with Gasteiger partial charge in [-0.15, -0.1) is 0 Å². The van der Waals surface area contributed by atoms with Crippen molar-refractivity contribution in [1.82, 2.24) is 15.0 Å². The van der Waals surface area contributed by atoms with Crippen LogP contribution in [0.2, 0.25) is 0 Å². The maximum atomic E-state index is 5.24. The molecule has 8 aromatic rings. The van der Waals surface area contributed by atoms with Crippen molar-refractivity contribution < 1.29 is 0 Å². The van der Waals surface area contributed by atoms with Gasteiger partial charge in [0.05, 0.1) is 0 Å². The zero-order valence-corrected chi connectivity index (χ0v) is 27.4. The smallest absolute Gasteiger partial charge is 0.164 e. The molecule has 0 spiro atoms. The first-order valence-corrected chi connectivity index (χ1v) is 16.8. The van der Waals surface area contributed by atoms with Crippen molar-refractivity contribution in [3.63, 3.8) is 0 Å². The van der Waals surface area contributed by atoms with Crippen LogP contribution >= 0.6 is 0 Å². The van der Waals surface area contributed by atoms with Crippen LogP contribution in [0.4, 0.5) is 0 Å². The van der Waals surface area contributed by atoms with Crippen LogP contribution in [-0.2, 0) is 5.41 Å². The monoisotopic (exact) mass is 627 g/mol. The Labute approximate surface area is 286 Å². The summed E-state index contributed by atoms with van der Waals surface area (Å²) in [6, 6.07) is 57.7. The van der Waals surface area contributed by atoms with Gasteiger partial charge < -0.3 is 0 Å².